The summed E-state index contributed by atoms with van der Waals surface area (Å²) in [5, 5.41) is 4.58. The predicted octanol–water partition coefficient (Wildman–Crippen LogP) is 5.55. The number of halogens is 1. The third-order valence-corrected chi connectivity index (χ3v) is 6.99. The van der Waals surface area contributed by atoms with Crippen LogP contribution >= 0.6 is 23.4 Å². The predicted molar refractivity (Wildman–Crippen MR) is 130 cm³/mol. The molecule has 1 fully saturated rings. The van der Waals surface area contributed by atoms with Gasteiger partial charge < -0.3 is 14.8 Å². The van der Waals surface area contributed by atoms with Gasteiger partial charge in [-0.1, -0.05) is 57.1 Å². The fourth-order valence-corrected chi connectivity index (χ4v) is 5.52. The number of carbonyl (C=O) groups is 1. The first-order chi connectivity index (χ1) is 15.6. The Morgan fingerprint density at radius 3 is 2.58 bits per heavy atom. The Hall–Kier alpha value is -2.34. The molecule has 1 aliphatic carbocycles. The Morgan fingerprint density at radius 2 is 2.00 bits per heavy atom. The third kappa shape index (κ3) is 4.96. The lowest BCUT2D eigenvalue weighted by atomic mass is 9.49. The number of esters is 1. The highest BCUT2D eigenvalue weighted by atomic mass is 35.5. The first-order valence-electron chi connectivity index (χ1n) is 10.7. The van der Waals surface area contributed by atoms with Crippen molar-refractivity contribution in [3.8, 4) is 5.75 Å². The second-order valence-electron chi connectivity index (χ2n) is 9.12. The van der Waals surface area contributed by atoms with Gasteiger partial charge in [-0.15, -0.1) is 0 Å². The molecule has 1 N–H and O–H groups in total. The van der Waals surface area contributed by atoms with Crippen LogP contribution in [0.2, 0.25) is 5.02 Å². The lowest BCUT2D eigenvalue weighted by molar-refractivity contribution is -0.169. The van der Waals surface area contributed by atoms with E-state index in [0.717, 1.165) is 0 Å². The van der Waals surface area contributed by atoms with E-state index in [1.54, 1.807) is 25.1 Å². The summed E-state index contributed by atoms with van der Waals surface area (Å²) >= 11 is 7.62. The van der Waals surface area contributed by atoms with Gasteiger partial charge in [0.05, 0.1) is 23.9 Å². The molecule has 0 unspecified atom stereocenters. The van der Waals surface area contributed by atoms with Crippen LogP contribution in [0.3, 0.4) is 0 Å². The molecule has 3 rings (SSSR count). The Balaban J connectivity index is 1.77. The van der Waals surface area contributed by atoms with Gasteiger partial charge in [0.25, 0.3) is 0 Å². The fourth-order valence-electron chi connectivity index (χ4n) is 4.95. The zero-order chi connectivity index (χ0) is 24.4. The summed E-state index contributed by atoms with van der Waals surface area (Å²) in [6.07, 6.45) is 3.34. The lowest BCUT2D eigenvalue weighted by Gasteiger charge is -2.63. The number of rotatable bonds is 8. The molecule has 0 atom stereocenters. The summed E-state index contributed by atoms with van der Waals surface area (Å²) in [6, 6.07) is 5.24. The number of hydrogen-bond donors (Lipinski definition) is 1. The minimum Gasteiger partial charge on any atom is -0.489 e. The van der Waals surface area contributed by atoms with Crippen LogP contribution in [-0.2, 0) is 11.3 Å². The normalized spacial score (nSPS) is 20.4. The van der Waals surface area contributed by atoms with Crippen molar-refractivity contribution >= 4 is 35.0 Å². The molecule has 176 valence electrons. The van der Waals surface area contributed by atoms with Crippen LogP contribution in [0.4, 0.5) is 5.69 Å². The summed E-state index contributed by atoms with van der Waals surface area (Å²) in [4.78, 5) is 24.6. The second-order valence-corrected chi connectivity index (χ2v) is 10.3. The van der Waals surface area contributed by atoms with Gasteiger partial charge >= 0.3 is 5.97 Å². The van der Waals surface area contributed by atoms with Crippen LogP contribution in [0.5, 0.6) is 5.75 Å². The minimum atomic E-state index is -0.421. The third-order valence-electron chi connectivity index (χ3n) is 6.13. The number of benzene rings is 1. The van der Waals surface area contributed by atoms with Gasteiger partial charge in [-0.3, -0.25) is 0 Å². The first-order valence-corrected chi connectivity index (χ1v) is 12.3. The van der Waals surface area contributed by atoms with Crippen molar-refractivity contribution in [3.63, 3.8) is 0 Å². The highest BCUT2D eigenvalue weighted by Crippen LogP contribution is 2.55. The molecule has 1 aliphatic rings. The molecule has 0 amide bonds. The van der Waals surface area contributed by atoms with E-state index in [4.69, 9.17) is 27.6 Å². The quantitative estimate of drug-likeness (QED) is 0.226. The average Bonchev–Trinajstić information content (AvgIpc) is 2.77. The van der Waals surface area contributed by atoms with Crippen molar-refractivity contribution < 1.29 is 14.3 Å². The summed E-state index contributed by atoms with van der Waals surface area (Å²) < 4.78 is 11.5. The molecule has 0 bridgehead atoms. The van der Waals surface area contributed by atoms with Gasteiger partial charge in [-0.05, 0) is 25.3 Å². The molecule has 1 aromatic heterocycles. The Bertz CT molecular complexity index is 1070. The Labute approximate surface area is 204 Å². The van der Waals surface area contributed by atoms with Gasteiger partial charge in [0.15, 0.2) is 5.16 Å². The van der Waals surface area contributed by atoms with Crippen molar-refractivity contribution in [3.05, 3.63) is 52.1 Å². The van der Waals surface area contributed by atoms with Crippen molar-refractivity contribution in [2.24, 2.45) is 10.8 Å². The topological polar surface area (TPSA) is 77.7 Å². The maximum absolute atomic E-state index is 12.4. The van der Waals surface area contributed by atoms with E-state index in [9.17, 15) is 4.79 Å². The Kier molecular flexibility index (Phi) is 7.57. The van der Waals surface area contributed by atoms with Crippen molar-refractivity contribution in [2.45, 2.75) is 58.5 Å². The van der Waals surface area contributed by atoms with E-state index in [0.29, 0.717) is 46.0 Å². The highest BCUT2D eigenvalue weighted by Gasteiger charge is 2.63. The zero-order valence-corrected chi connectivity index (χ0v) is 21.3. The van der Waals surface area contributed by atoms with Gasteiger partial charge in [0.2, 0.25) is 5.69 Å². The van der Waals surface area contributed by atoms with Crippen LogP contribution < -0.4 is 10.1 Å². The molecule has 1 aromatic carbocycles. The molecule has 2 aromatic rings. The molecule has 9 heteroatoms. The van der Waals surface area contributed by atoms with E-state index in [2.05, 4.69) is 47.8 Å². The molecular weight excluding hydrogens is 460 g/mol. The zero-order valence-electron chi connectivity index (χ0n) is 19.7. The van der Waals surface area contributed by atoms with Crippen LogP contribution in [0.15, 0.2) is 29.6 Å². The Morgan fingerprint density at radius 1 is 1.30 bits per heavy atom. The average molecular weight is 489 g/mol. The van der Waals surface area contributed by atoms with Gasteiger partial charge in [-0.25, -0.2) is 19.6 Å². The van der Waals surface area contributed by atoms with Gasteiger partial charge in [0, 0.05) is 29.6 Å². The van der Waals surface area contributed by atoms with Crippen molar-refractivity contribution in [1.82, 2.24) is 15.3 Å². The van der Waals surface area contributed by atoms with Crippen molar-refractivity contribution in [1.29, 1.82) is 0 Å². The molecule has 0 saturated heterocycles. The molecule has 7 nitrogen and oxygen atoms in total. The summed E-state index contributed by atoms with van der Waals surface area (Å²) in [5.41, 5.74) is 0.967. The maximum atomic E-state index is 12.4. The number of nitrogens with zero attached hydrogens (tertiary/aromatic N) is 3. The number of nitrogens with one attached hydrogen (secondary N) is 1. The number of hydrogen-bond acceptors (Lipinski definition) is 7. The number of aromatic nitrogens is 2. The van der Waals surface area contributed by atoms with Crippen molar-refractivity contribution in [2.75, 3.05) is 12.9 Å². The van der Waals surface area contributed by atoms with Gasteiger partial charge in [0.1, 0.15) is 17.4 Å². The van der Waals surface area contributed by atoms with Crippen LogP contribution in [0, 0.1) is 17.4 Å². The van der Waals surface area contributed by atoms with Crippen LogP contribution in [0.25, 0.3) is 4.85 Å². The van der Waals surface area contributed by atoms with E-state index < -0.39 is 5.97 Å². The lowest BCUT2D eigenvalue weighted by Crippen LogP contribution is -2.74. The SMILES string of the molecule is [C-]#[N+]c1ccc(OC2C(C)(C)C(NCc3nc(SC)ncc3C(=O)OCC)C2(C)C)cc1Cl. The van der Waals surface area contributed by atoms with E-state index in [1.165, 1.54) is 18.0 Å². The molecule has 0 radical (unpaired) electrons. The minimum absolute atomic E-state index is 0.0889. The number of ether oxygens (including phenoxy) is 2. The van der Waals surface area contributed by atoms with Crippen LogP contribution in [-0.4, -0.2) is 40.9 Å². The van der Waals surface area contributed by atoms with E-state index in [1.807, 2.05) is 6.26 Å². The van der Waals surface area contributed by atoms with E-state index >= 15 is 0 Å². The summed E-state index contributed by atoms with van der Waals surface area (Å²) in [7, 11) is 0. The standard InChI is InChI=1S/C24H29ClN4O3S/c1-8-31-19(30)15-12-28-22(33-7)29-18(15)13-27-20-23(2,3)21(24(20,4)5)32-14-9-10-17(26-6)16(25)11-14/h9-12,20-21,27H,8,13H2,1-5,7H3. The van der Waals surface area contributed by atoms with E-state index in [-0.39, 0.29) is 23.0 Å². The molecule has 1 saturated carbocycles. The number of carbonyl (C=O) groups excluding carboxylic acids is 1. The molecule has 33 heavy (non-hydrogen) atoms. The number of thioether (sulfide) groups is 1. The fraction of sp³-hybridized carbons (Fsp3) is 0.500. The van der Waals surface area contributed by atoms with Crippen LogP contribution in [0.1, 0.15) is 50.7 Å². The maximum Gasteiger partial charge on any atom is 0.341 e. The molecule has 0 spiro atoms. The molecule has 0 aliphatic heterocycles. The smallest absolute Gasteiger partial charge is 0.341 e. The second kappa shape index (κ2) is 9.88. The molecular formula is C24H29ClN4O3S. The first kappa shape index (κ1) is 25.3. The molecule has 1 heterocycles. The highest BCUT2D eigenvalue weighted by molar-refractivity contribution is 7.98. The van der Waals surface area contributed by atoms with Gasteiger partial charge in [-0.2, -0.15) is 0 Å². The largest absolute Gasteiger partial charge is 0.489 e. The summed E-state index contributed by atoms with van der Waals surface area (Å²) in [6.45, 7) is 18.2. The monoisotopic (exact) mass is 488 g/mol. The summed E-state index contributed by atoms with van der Waals surface area (Å²) in [5.74, 6) is 0.219.